The number of aromatic nitrogens is 2. The minimum absolute atomic E-state index is 0.132. The quantitative estimate of drug-likeness (QED) is 0.604. The summed E-state index contributed by atoms with van der Waals surface area (Å²) in [6.45, 7) is 3.77. The lowest BCUT2D eigenvalue weighted by atomic mass is 9.92. The molecule has 0 amide bonds. The topological polar surface area (TPSA) is 65.1 Å². The molecule has 0 saturated carbocycles. The van der Waals surface area contributed by atoms with Gasteiger partial charge in [0.1, 0.15) is 0 Å². The van der Waals surface area contributed by atoms with Crippen molar-refractivity contribution in [3.63, 3.8) is 0 Å². The fraction of sp³-hybridized carbons (Fsp3) is 0.750. The molecule has 0 aromatic carbocycles. The molecule has 5 nitrogen and oxygen atoms in total. The van der Waals surface area contributed by atoms with Crippen molar-refractivity contribution in [2.45, 2.75) is 32.2 Å². The second kappa shape index (κ2) is 5.62. The molecule has 1 aromatic heterocycles. The molecule has 3 N–H and O–H groups in total. The van der Waals surface area contributed by atoms with Crippen molar-refractivity contribution in [3.05, 3.63) is 17.5 Å². The van der Waals surface area contributed by atoms with Crippen molar-refractivity contribution in [2.75, 3.05) is 13.2 Å². The first-order chi connectivity index (χ1) is 8.26. The maximum atomic E-state index is 5.71. The van der Waals surface area contributed by atoms with Crippen LogP contribution in [0.4, 0.5) is 0 Å². The lowest BCUT2D eigenvalue weighted by Gasteiger charge is -2.29. The predicted octanol–water partition coefficient (Wildman–Crippen LogP) is 0.913. The van der Waals surface area contributed by atoms with Crippen LogP contribution in [0.5, 0.6) is 0 Å². The summed E-state index contributed by atoms with van der Waals surface area (Å²) in [6.07, 6.45) is 3.22. The highest BCUT2D eigenvalue weighted by Gasteiger charge is 2.27. The van der Waals surface area contributed by atoms with E-state index in [0.29, 0.717) is 5.92 Å². The normalized spacial score (nSPS) is 22.6. The van der Waals surface area contributed by atoms with Gasteiger partial charge in [-0.05, 0) is 25.3 Å². The number of nitrogens with two attached hydrogens (primary N) is 1. The highest BCUT2D eigenvalue weighted by atomic mass is 16.5. The van der Waals surface area contributed by atoms with Crippen molar-refractivity contribution in [1.29, 1.82) is 0 Å². The van der Waals surface area contributed by atoms with E-state index in [1.807, 2.05) is 11.7 Å². The molecule has 1 aliphatic rings. The summed E-state index contributed by atoms with van der Waals surface area (Å²) in [5.74, 6) is 6.15. The second-order valence-corrected chi connectivity index (χ2v) is 4.66. The van der Waals surface area contributed by atoms with E-state index in [1.165, 1.54) is 0 Å². The molecule has 1 aromatic rings. The molecular weight excluding hydrogens is 216 g/mol. The van der Waals surface area contributed by atoms with E-state index in [4.69, 9.17) is 10.6 Å². The second-order valence-electron chi connectivity index (χ2n) is 4.66. The van der Waals surface area contributed by atoms with Gasteiger partial charge in [-0.2, -0.15) is 5.10 Å². The van der Waals surface area contributed by atoms with Gasteiger partial charge in [-0.15, -0.1) is 0 Å². The van der Waals surface area contributed by atoms with Crippen LogP contribution in [0.15, 0.2) is 6.07 Å². The number of aryl methyl sites for hydroxylation is 2. The summed E-state index contributed by atoms with van der Waals surface area (Å²) in [5, 5.41) is 4.47. The zero-order valence-electron chi connectivity index (χ0n) is 10.6. The summed E-state index contributed by atoms with van der Waals surface area (Å²) in [4.78, 5) is 0. The molecule has 0 aliphatic carbocycles. The van der Waals surface area contributed by atoms with Gasteiger partial charge in [-0.3, -0.25) is 16.0 Å². The van der Waals surface area contributed by atoms with Crippen LogP contribution < -0.4 is 11.3 Å². The Morgan fingerprint density at radius 2 is 2.53 bits per heavy atom. The fourth-order valence-corrected chi connectivity index (χ4v) is 2.50. The average Bonchev–Trinajstić information content (AvgIpc) is 2.73. The van der Waals surface area contributed by atoms with Gasteiger partial charge >= 0.3 is 0 Å². The van der Waals surface area contributed by atoms with Gasteiger partial charge < -0.3 is 4.74 Å². The first-order valence-corrected chi connectivity index (χ1v) is 6.33. The van der Waals surface area contributed by atoms with Gasteiger partial charge in [0.15, 0.2) is 0 Å². The Balaban J connectivity index is 2.18. The molecule has 96 valence electrons. The van der Waals surface area contributed by atoms with E-state index in [0.717, 1.165) is 43.9 Å². The third-order valence-electron chi connectivity index (χ3n) is 3.49. The molecular formula is C12H22N4O. The Morgan fingerprint density at radius 3 is 3.06 bits per heavy atom. The average molecular weight is 238 g/mol. The Morgan fingerprint density at radius 1 is 1.71 bits per heavy atom. The van der Waals surface area contributed by atoms with Crippen molar-refractivity contribution in [2.24, 2.45) is 18.8 Å². The lowest BCUT2D eigenvalue weighted by Crippen LogP contribution is -2.38. The molecule has 1 aliphatic heterocycles. The number of hydrogen-bond acceptors (Lipinski definition) is 4. The van der Waals surface area contributed by atoms with Crippen molar-refractivity contribution in [1.82, 2.24) is 15.2 Å². The third kappa shape index (κ3) is 2.68. The predicted molar refractivity (Wildman–Crippen MR) is 66.2 cm³/mol. The number of hydrogen-bond donors (Lipinski definition) is 2. The molecule has 5 heteroatoms. The van der Waals surface area contributed by atoms with E-state index in [9.17, 15) is 0 Å². The smallest absolute Gasteiger partial charge is 0.0679 e. The third-order valence-corrected chi connectivity index (χ3v) is 3.49. The fourth-order valence-electron chi connectivity index (χ4n) is 2.50. The zero-order valence-corrected chi connectivity index (χ0v) is 10.6. The van der Waals surface area contributed by atoms with Crippen LogP contribution in [0.1, 0.15) is 37.2 Å². The molecule has 2 rings (SSSR count). The maximum Gasteiger partial charge on any atom is 0.0679 e. The Bertz CT molecular complexity index is 357. The minimum atomic E-state index is 0.132. The van der Waals surface area contributed by atoms with Gasteiger partial charge in [0.2, 0.25) is 0 Å². The first-order valence-electron chi connectivity index (χ1n) is 6.33. The van der Waals surface area contributed by atoms with Crippen molar-refractivity contribution >= 4 is 0 Å². The van der Waals surface area contributed by atoms with E-state index >= 15 is 0 Å². The number of ether oxygens (including phenoxy) is 1. The SMILES string of the molecule is CCc1cc(C(NN)C2CCCOC2)n(C)n1. The van der Waals surface area contributed by atoms with Gasteiger partial charge in [0, 0.05) is 19.6 Å². The van der Waals surface area contributed by atoms with Crippen LogP contribution in [0.2, 0.25) is 0 Å². The Hall–Kier alpha value is -0.910. The Labute approximate surface area is 102 Å². The first kappa shape index (κ1) is 12.5. The van der Waals surface area contributed by atoms with Crippen LogP contribution in [0.3, 0.4) is 0 Å². The molecule has 0 spiro atoms. The maximum absolute atomic E-state index is 5.71. The summed E-state index contributed by atoms with van der Waals surface area (Å²) in [7, 11) is 1.97. The van der Waals surface area contributed by atoms with Gasteiger partial charge in [-0.1, -0.05) is 6.92 Å². The minimum Gasteiger partial charge on any atom is -0.381 e. The van der Waals surface area contributed by atoms with E-state index in [1.54, 1.807) is 0 Å². The molecule has 2 atom stereocenters. The number of rotatable bonds is 4. The van der Waals surface area contributed by atoms with Gasteiger partial charge in [-0.25, -0.2) is 0 Å². The van der Waals surface area contributed by atoms with Crippen molar-refractivity contribution in [3.8, 4) is 0 Å². The molecule has 2 heterocycles. The van der Waals surface area contributed by atoms with Crippen LogP contribution in [-0.2, 0) is 18.2 Å². The lowest BCUT2D eigenvalue weighted by molar-refractivity contribution is 0.0378. The van der Waals surface area contributed by atoms with Crippen molar-refractivity contribution < 1.29 is 4.74 Å². The van der Waals surface area contributed by atoms with Crippen LogP contribution >= 0.6 is 0 Å². The van der Waals surface area contributed by atoms with Crippen LogP contribution in [-0.4, -0.2) is 23.0 Å². The van der Waals surface area contributed by atoms with E-state index < -0.39 is 0 Å². The summed E-state index contributed by atoms with van der Waals surface area (Å²) in [6, 6.07) is 2.27. The summed E-state index contributed by atoms with van der Waals surface area (Å²) < 4.78 is 7.46. The number of nitrogens with one attached hydrogen (secondary N) is 1. The van der Waals surface area contributed by atoms with Gasteiger partial charge in [0.25, 0.3) is 0 Å². The summed E-state index contributed by atoms with van der Waals surface area (Å²) in [5.41, 5.74) is 5.19. The van der Waals surface area contributed by atoms with E-state index in [-0.39, 0.29) is 6.04 Å². The molecule has 1 fully saturated rings. The molecule has 0 bridgehead atoms. The monoisotopic (exact) mass is 238 g/mol. The van der Waals surface area contributed by atoms with Gasteiger partial charge in [0.05, 0.1) is 24.0 Å². The molecule has 17 heavy (non-hydrogen) atoms. The van der Waals surface area contributed by atoms with E-state index in [2.05, 4.69) is 23.5 Å². The molecule has 1 saturated heterocycles. The number of hydrazine groups is 1. The largest absolute Gasteiger partial charge is 0.381 e. The zero-order chi connectivity index (χ0) is 12.3. The number of nitrogens with zero attached hydrogens (tertiary/aromatic N) is 2. The summed E-state index contributed by atoms with van der Waals surface area (Å²) >= 11 is 0. The standard InChI is InChI=1S/C12H22N4O/c1-3-10-7-11(16(2)15-10)12(14-13)9-5-4-6-17-8-9/h7,9,12,14H,3-6,8,13H2,1-2H3. The molecule has 0 radical (unpaired) electrons. The molecule has 2 unspecified atom stereocenters. The highest BCUT2D eigenvalue weighted by Crippen LogP contribution is 2.28. The highest BCUT2D eigenvalue weighted by molar-refractivity contribution is 5.15. The Kier molecular flexibility index (Phi) is 4.15. The van der Waals surface area contributed by atoms with Crippen LogP contribution in [0, 0.1) is 5.92 Å². The van der Waals surface area contributed by atoms with Crippen LogP contribution in [0.25, 0.3) is 0 Å².